The number of hydrogen-bond acceptors (Lipinski definition) is 4. The molecule has 0 bridgehead atoms. The van der Waals surface area contributed by atoms with E-state index in [1.54, 1.807) is 24.4 Å². The van der Waals surface area contributed by atoms with Crippen LogP contribution in [0.2, 0.25) is 5.02 Å². The molecule has 0 atom stereocenters. The predicted octanol–water partition coefficient (Wildman–Crippen LogP) is 2.83. The summed E-state index contributed by atoms with van der Waals surface area (Å²) in [4.78, 5) is 23.7. The zero-order valence-corrected chi connectivity index (χ0v) is 13.8. The van der Waals surface area contributed by atoms with E-state index in [2.05, 4.69) is 5.10 Å². The Hall–Kier alpha value is -2.14. The van der Waals surface area contributed by atoms with Crippen LogP contribution in [-0.2, 0) is 22.5 Å². The zero-order chi connectivity index (χ0) is 16.7. The van der Waals surface area contributed by atoms with Crippen LogP contribution in [0, 0.1) is 0 Å². The Labute approximate surface area is 139 Å². The van der Waals surface area contributed by atoms with Crippen molar-refractivity contribution in [2.45, 2.75) is 32.7 Å². The first-order valence-electron chi connectivity index (χ1n) is 7.55. The van der Waals surface area contributed by atoms with E-state index in [0.717, 1.165) is 12.0 Å². The van der Waals surface area contributed by atoms with E-state index >= 15 is 0 Å². The third kappa shape index (κ3) is 5.21. The molecule has 5 nitrogen and oxygen atoms in total. The van der Waals surface area contributed by atoms with E-state index in [-0.39, 0.29) is 18.1 Å². The van der Waals surface area contributed by atoms with Gasteiger partial charge in [-0.3, -0.25) is 9.59 Å². The summed E-state index contributed by atoms with van der Waals surface area (Å²) >= 11 is 5.95. The highest BCUT2D eigenvalue weighted by Crippen LogP contribution is 2.11. The number of carbonyl (C=O) groups excluding carboxylic acids is 1. The molecule has 0 fully saturated rings. The number of hydrogen-bond donors (Lipinski definition) is 0. The molecule has 0 amide bonds. The third-order valence-electron chi connectivity index (χ3n) is 3.30. The smallest absolute Gasteiger partial charge is 0.305 e. The molecule has 0 saturated carbocycles. The van der Waals surface area contributed by atoms with Gasteiger partial charge in [0.05, 0.1) is 13.2 Å². The molecule has 0 unspecified atom stereocenters. The second-order valence-corrected chi connectivity index (χ2v) is 5.61. The van der Waals surface area contributed by atoms with Crippen molar-refractivity contribution < 1.29 is 9.53 Å². The van der Waals surface area contributed by atoms with Gasteiger partial charge in [0.15, 0.2) is 0 Å². The van der Waals surface area contributed by atoms with Crippen molar-refractivity contribution in [3.05, 3.63) is 63.0 Å². The number of carbonyl (C=O) groups is 1. The lowest BCUT2D eigenvalue weighted by Crippen LogP contribution is -2.27. The average Bonchev–Trinajstić information content (AvgIpc) is 2.51. The van der Waals surface area contributed by atoms with Crippen LogP contribution in [0.25, 0.3) is 0 Å². The summed E-state index contributed by atoms with van der Waals surface area (Å²) in [6.45, 7) is 2.47. The summed E-state index contributed by atoms with van der Waals surface area (Å²) < 4.78 is 6.47. The summed E-state index contributed by atoms with van der Waals surface area (Å²) in [5, 5.41) is 4.71. The standard InChI is InChI=1S/C17H19ClN2O3/c1-2-4-16(21)23-10-8-14-7-9-19-20(17(14)22)12-13-5-3-6-15(18)11-13/h3,5-7,9,11H,2,4,8,10,12H2,1H3. The molecule has 0 saturated heterocycles. The van der Waals surface area contributed by atoms with Crippen LogP contribution in [0.5, 0.6) is 0 Å². The number of nitrogens with zero attached hydrogens (tertiary/aromatic N) is 2. The molecule has 23 heavy (non-hydrogen) atoms. The van der Waals surface area contributed by atoms with Gasteiger partial charge in [-0.25, -0.2) is 4.68 Å². The van der Waals surface area contributed by atoms with Gasteiger partial charge >= 0.3 is 5.97 Å². The summed E-state index contributed by atoms with van der Waals surface area (Å²) in [5.41, 5.74) is 1.30. The minimum atomic E-state index is -0.235. The van der Waals surface area contributed by atoms with Crippen molar-refractivity contribution in [3.8, 4) is 0 Å². The summed E-state index contributed by atoms with van der Waals surface area (Å²) in [6, 6.07) is 8.96. The Morgan fingerprint density at radius 1 is 1.35 bits per heavy atom. The van der Waals surface area contributed by atoms with Crippen molar-refractivity contribution >= 4 is 17.6 Å². The minimum Gasteiger partial charge on any atom is -0.465 e. The predicted molar refractivity (Wildman–Crippen MR) is 88.6 cm³/mol. The van der Waals surface area contributed by atoms with E-state index in [1.807, 2.05) is 19.1 Å². The number of rotatable bonds is 7. The Morgan fingerprint density at radius 3 is 2.91 bits per heavy atom. The van der Waals surface area contributed by atoms with Gasteiger partial charge in [-0.05, 0) is 30.2 Å². The van der Waals surface area contributed by atoms with Gasteiger partial charge in [-0.2, -0.15) is 5.10 Å². The van der Waals surface area contributed by atoms with Gasteiger partial charge in [-0.15, -0.1) is 0 Å². The summed E-state index contributed by atoms with van der Waals surface area (Å²) in [6.07, 6.45) is 3.11. The Morgan fingerprint density at radius 2 is 2.17 bits per heavy atom. The number of ether oxygens (including phenoxy) is 1. The highest BCUT2D eigenvalue weighted by molar-refractivity contribution is 6.30. The topological polar surface area (TPSA) is 61.2 Å². The van der Waals surface area contributed by atoms with Crippen LogP contribution in [0.4, 0.5) is 0 Å². The summed E-state index contributed by atoms with van der Waals surface area (Å²) in [5.74, 6) is -0.235. The molecule has 0 N–H and O–H groups in total. The molecule has 1 heterocycles. The maximum atomic E-state index is 12.4. The van der Waals surface area contributed by atoms with Crippen LogP contribution in [0.15, 0.2) is 41.3 Å². The summed E-state index contributed by atoms with van der Waals surface area (Å²) in [7, 11) is 0. The number of esters is 1. The van der Waals surface area contributed by atoms with E-state index in [4.69, 9.17) is 16.3 Å². The second-order valence-electron chi connectivity index (χ2n) is 5.17. The molecule has 122 valence electrons. The molecular weight excluding hydrogens is 316 g/mol. The first-order valence-corrected chi connectivity index (χ1v) is 7.93. The molecule has 6 heteroatoms. The van der Waals surface area contributed by atoms with Crippen LogP contribution in [0.1, 0.15) is 30.9 Å². The minimum absolute atomic E-state index is 0.181. The van der Waals surface area contributed by atoms with Crippen LogP contribution >= 0.6 is 11.6 Å². The molecule has 1 aromatic heterocycles. The van der Waals surface area contributed by atoms with Crippen LogP contribution in [-0.4, -0.2) is 22.4 Å². The zero-order valence-electron chi connectivity index (χ0n) is 13.0. The maximum absolute atomic E-state index is 12.4. The fraction of sp³-hybridized carbons (Fsp3) is 0.353. The van der Waals surface area contributed by atoms with E-state index < -0.39 is 0 Å². The Bertz CT molecular complexity index is 728. The number of halogens is 1. The van der Waals surface area contributed by atoms with Gasteiger partial charge < -0.3 is 4.74 Å². The molecule has 0 radical (unpaired) electrons. The fourth-order valence-electron chi connectivity index (χ4n) is 2.16. The first-order chi connectivity index (χ1) is 11.1. The Balaban J connectivity index is 2.03. The number of benzene rings is 1. The van der Waals surface area contributed by atoms with E-state index in [9.17, 15) is 9.59 Å². The highest BCUT2D eigenvalue weighted by atomic mass is 35.5. The van der Waals surface area contributed by atoms with Crippen molar-refractivity contribution in [1.82, 2.24) is 9.78 Å². The van der Waals surface area contributed by atoms with Crippen molar-refractivity contribution in [1.29, 1.82) is 0 Å². The lowest BCUT2D eigenvalue weighted by atomic mass is 10.2. The quantitative estimate of drug-likeness (QED) is 0.730. The van der Waals surface area contributed by atoms with Crippen molar-refractivity contribution in [2.24, 2.45) is 0 Å². The lowest BCUT2D eigenvalue weighted by molar-refractivity contribution is -0.143. The molecule has 0 spiro atoms. The van der Waals surface area contributed by atoms with Gasteiger partial charge in [-0.1, -0.05) is 30.7 Å². The van der Waals surface area contributed by atoms with E-state index in [0.29, 0.717) is 30.0 Å². The Kier molecular flexibility index (Phi) is 6.35. The monoisotopic (exact) mass is 334 g/mol. The maximum Gasteiger partial charge on any atom is 0.305 e. The normalized spacial score (nSPS) is 10.5. The van der Waals surface area contributed by atoms with Gasteiger partial charge in [0.25, 0.3) is 5.56 Å². The second kappa shape index (κ2) is 8.48. The largest absolute Gasteiger partial charge is 0.465 e. The molecule has 0 aliphatic heterocycles. The molecule has 0 aliphatic rings. The molecular formula is C17H19ClN2O3. The van der Waals surface area contributed by atoms with Crippen LogP contribution in [0.3, 0.4) is 0 Å². The molecule has 2 aromatic rings. The van der Waals surface area contributed by atoms with Crippen LogP contribution < -0.4 is 5.56 Å². The van der Waals surface area contributed by atoms with Gasteiger partial charge in [0, 0.05) is 29.6 Å². The van der Waals surface area contributed by atoms with Crippen molar-refractivity contribution in [3.63, 3.8) is 0 Å². The lowest BCUT2D eigenvalue weighted by Gasteiger charge is -2.08. The molecule has 0 aliphatic carbocycles. The third-order valence-corrected chi connectivity index (χ3v) is 3.54. The number of aromatic nitrogens is 2. The fourth-order valence-corrected chi connectivity index (χ4v) is 2.37. The SMILES string of the molecule is CCCC(=O)OCCc1ccnn(Cc2cccc(Cl)c2)c1=O. The highest BCUT2D eigenvalue weighted by Gasteiger charge is 2.07. The van der Waals surface area contributed by atoms with E-state index in [1.165, 1.54) is 4.68 Å². The van der Waals surface area contributed by atoms with Gasteiger partial charge in [0.1, 0.15) is 0 Å². The molecule has 2 rings (SSSR count). The molecule has 1 aromatic carbocycles. The average molecular weight is 335 g/mol. The first kappa shape index (κ1) is 17.2. The van der Waals surface area contributed by atoms with Gasteiger partial charge in [0.2, 0.25) is 0 Å². The van der Waals surface area contributed by atoms with Crippen molar-refractivity contribution in [2.75, 3.05) is 6.61 Å².